The lowest BCUT2D eigenvalue weighted by atomic mass is 10.3. The highest BCUT2D eigenvalue weighted by Gasteiger charge is 1.75. The molecular weight excluding hydrogens is 88.1 g/mol. The van der Waals surface area contributed by atoms with Crippen LogP contribution >= 0.6 is 0 Å². The third-order valence-corrected chi connectivity index (χ3v) is 0.754. The summed E-state index contributed by atoms with van der Waals surface area (Å²) < 4.78 is 0. The van der Waals surface area contributed by atoms with E-state index in [-0.39, 0.29) is 0 Å². The van der Waals surface area contributed by atoms with Crippen molar-refractivity contribution in [2.24, 2.45) is 5.10 Å². The molecule has 7 heavy (non-hydrogen) atoms. The van der Waals surface area contributed by atoms with E-state index >= 15 is 0 Å². The monoisotopic (exact) mass is 100 g/mol. The quantitative estimate of drug-likeness (QED) is 0.318. The van der Waals surface area contributed by atoms with E-state index in [9.17, 15) is 0 Å². The summed E-state index contributed by atoms with van der Waals surface area (Å²) in [5.74, 6) is 0. The average molecular weight is 100 g/mol. The molecule has 1 N–H and O–H groups in total. The van der Waals surface area contributed by atoms with Crippen LogP contribution in [0, 0.1) is 0 Å². The van der Waals surface area contributed by atoms with Crippen LogP contribution in [0.25, 0.3) is 0 Å². The van der Waals surface area contributed by atoms with Gasteiger partial charge in [0.1, 0.15) is 0 Å². The minimum absolute atomic E-state index is 0.958. The van der Waals surface area contributed by atoms with E-state index in [1.807, 2.05) is 0 Å². The number of rotatable bonds is 4. The van der Waals surface area contributed by atoms with E-state index in [4.69, 9.17) is 0 Å². The highest BCUT2D eigenvalue weighted by atomic mass is 15.3. The second-order valence-electron chi connectivity index (χ2n) is 1.42. The molecule has 0 aromatic rings. The molecule has 42 valence electrons. The molecule has 0 aliphatic carbocycles. The van der Waals surface area contributed by atoms with Gasteiger partial charge in [0.05, 0.1) is 0 Å². The van der Waals surface area contributed by atoms with Crippen molar-refractivity contribution in [1.82, 2.24) is 5.43 Å². The molecule has 0 bridgehead atoms. The number of unbranched alkanes of at least 4 members (excludes halogenated alkanes) is 1. The minimum Gasteiger partial charge on any atom is -0.311 e. The molecule has 0 fully saturated rings. The first-order chi connectivity index (χ1) is 3.41. The van der Waals surface area contributed by atoms with Crippen molar-refractivity contribution < 1.29 is 0 Å². The van der Waals surface area contributed by atoms with Crippen molar-refractivity contribution in [2.75, 3.05) is 6.54 Å². The first-order valence-corrected chi connectivity index (χ1v) is 2.60. The third-order valence-electron chi connectivity index (χ3n) is 0.754. The topological polar surface area (TPSA) is 24.4 Å². The summed E-state index contributed by atoms with van der Waals surface area (Å²) in [5, 5.41) is 3.47. The Morgan fingerprint density at radius 2 is 2.43 bits per heavy atom. The summed E-state index contributed by atoms with van der Waals surface area (Å²) in [6, 6.07) is 0. The van der Waals surface area contributed by atoms with Gasteiger partial charge in [-0.2, -0.15) is 5.10 Å². The molecule has 0 heterocycles. The molecule has 0 aliphatic rings. The van der Waals surface area contributed by atoms with Gasteiger partial charge in [0.25, 0.3) is 0 Å². The zero-order valence-corrected chi connectivity index (χ0v) is 4.78. The summed E-state index contributed by atoms with van der Waals surface area (Å²) in [4.78, 5) is 0. The van der Waals surface area contributed by atoms with Crippen LogP contribution in [0.2, 0.25) is 0 Å². The predicted molar refractivity (Wildman–Crippen MR) is 32.5 cm³/mol. The lowest BCUT2D eigenvalue weighted by molar-refractivity contribution is 0.675. The Bertz CT molecular complexity index is 43.3. The summed E-state index contributed by atoms with van der Waals surface area (Å²) in [7, 11) is 0. The first kappa shape index (κ1) is 6.47. The molecule has 0 spiro atoms. The first-order valence-electron chi connectivity index (χ1n) is 2.60. The number of nitrogens with one attached hydrogen (secondary N) is 1. The van der Waals surface area contributed by atoms with Gasteiger partial charge >= 0.3 is 0 Å². The van der Waals surface area contributed by atoms with Crippen molar-refractivity contribution in [3.63, 3.8) is 0 Å². The molecule has 0 radical (unpaired) electrons. The van der Waals surface area contributed by atoms with Gasteiger partial charge in [0.2, 0.25) is 0 Å². The van der Waals surface area contributed by atoms with E-state index in [2.05, 4.69) is 24.2 Å². The van der Waals surface area contributed by atoms with Gasteiger partial charge < -0.3 is 5.43 Å². The lowest BCUT2D eigenvalue weighted by Crippen LogP contribution is -2.04. The summed E-state index contributed by atoms with van der Waals surface area (Å²) in [6.45, 7) is 6.37. The van der Waals surface area contributed by atoms with Crippen LogP contribution in [0.4, 0.5) is 0 Å². The van der Waals surface area contributed by atoms with Crippen molar-refractivity contribution >= 4 is 6.72 Å². The fraction of sp³-hybridized carbons (Fsp3) is 0.800. The Balaban J connectivity index is 2.56. The molecule has 0 saturated carbocycles. The van der Waals surface area contributed by atoms with E-state index in [0.29, 0.717) is 0 Å². The maximum atomic E-state index is 3.47. The normalized spacial score (nSPS) is 8.14. The zero-order chi connectivity index (χ0) is 5.54. The van der Waals surface area contributed by atoms with Crippen molar-refractivity contribution in [1.29, 1.82) is 0 Å². The van der Waals surface area contributed by atoms with E-state index in [1.54, 1.807) is 0 Å². The second-order valence-corrected chi connectivity index (χ2v) is 1.42. The molecule has 0 saturated heterocycles. The molecule has 2 nitrogen and oxygen atoms in total. The summed E-state index contributed by atoms with van der Waals surface area (Å²) >= 11 is 0. The van der Waals surface area contributed by atoms with Crippen LogP contribution in [-0.4, -0.2) is 13.3 Å². The van der Waals surface area contributed by atoms with E-state index in [1.165, 1.54) is 12.8 Å². The molecule has 0 aliphatic heterocycles. The number of hydrazone groups is 1. The summed E-state index contributed by atoms with van der Waals surface area (Å²) in [5.41, 5.74) is 2.76. The van der Waals surface area contributed by atoms with Gasteiger partial charge in [-0.1, -0.05) is 13.3 Å². The molecule has 0 atom stereocenters. The minimum atomic E-state index is 0.958. The highest BCUT2D eigenvalue weighted by Crippen LogP contribution is 1.80. The Morgan fingerprint density at radius 3 is 2.86 bits per heavy atom. The van der Waals surface area contributed by atoms with Crippen molar-refractivity contribution in [3.8, 4) is 0 Å². The molecule has 0 unspecified atom stereocenters. The maximum Gasteiger partial charge on any atom is 0.0329 e. The van der Waals surface area contributed by atoms with Gasteiger partial charge in [0.15, 0.2) is 0 Å². The van der Waals surface area contributed by atoms with Crippen LogP contribution in [0.3, 0.4) is 0 Å². The molecule has 0 aromatic carbocycles. The molecule has 0 amide bonds. The maximum absolute atomic E-state index is 3.47. The highest BCUT2D eigenvalue weighted by molar-refractivity contribution is 5.22. The molecule has 0 aromatic heterocycles. The van der Waals surface area contributed by atoms with Crippen LogP contribution in [0.1, 0.15) is 19.8 Å². The SMILES string of the molecule is C=NNCCCC. The van der Waals surface area contributed by atoms with E-state index in [0.717, 1.165) is 6.54 Å². The van der Waals surface area contributed by atoms with Crippen LogP contribution in [0.15, 0.2) is 5.10 Å². The Morgan fingerprint density at radius 1 is 1.71 bits per heavy atom. The van der Waals surface area contributed by atoms with Gasteiger partial charge in [0, 0.05) is 13.3 Å². The molecule has 2 heteroatoms. The Labute approximate surface area is 44.6 Å². The Hall–Kier alpha value is -0.530. The molecule has 0 rings (SSSR count). The second kappa shape index (κ2) is 5.47. The zero-order valence-electron chi connectivity index (χ0n) is 4.78. The smallest absolute Gasteiger partial charge is 0.0329 e. The largest absolute Gasteiger partial charge is 0.311 e. The number of hydrogen-bond donors (Lipinski definition) is 1. The van der Waals surface area contributed by atoms with Gasteiger partial charge in [-0.15, -0.1) is 0 Å². The fourth-order valence-corrected chi connectivity index (χ4v) is 0.335. The number of nitrogens with zero attached hydrogens (tertiary/aromatic N) is 1. The molecular formula is C5H12N2. The van der Waals surface area contributed by atoms with Gasteiger partial charge in [-0.25, -0.2) is 0 Å². The van der Waals surface area contributed by atoms with Crippen LogP contribution in [-0.2, 0) is 0 Å². The standard InChI is InChI=1S/C5H12N2/c1-3-4-5-7-6-2/h7H,2-5H2,1H3. The van der Waals surface area contributed by atoms with Crippen molar-refractivity contribution in [2.45, 2.75) is 19.8 Å². The summed E-state index contributed by atoms with van der Waals surface area (Å²) in [6.07, 6.45) is 2.39. The van der Waals surface area contributed by atoms with Gasteiger partial charge in [-0.3, -0.25) is 0 Å². The lowest BCUT2D eigenvalue weighted by Gasteiger charge is -1.92. The number of hydrogen-bond acceptors (Lipinski definition) is 2. The third kappa shape index (κ3) is 5.47. The van der Waals surface area contributed by atoms with Crippen molar-refractivity contribution in [3.05, 3.63) is 0 Å². The van der Waals surface area contributed by atoms with Crippen LogP contribution < -0.4 is 5.43 Å². The van der Waals surface area contributed by atoms with Gasteiger partial charge in [-0.05, 0) is 6.42 Å². The fourth-order valence-electron chi connectivity index (χ4n) is 0.335. The van der Waals surface area contributed by atoms with Crippen LogP contribution in [0.5, 0.6) is 0 Å². The van der Waals surface area contributed by atoms with E-state index < -0.39 is 0 Å². The Kier molecular flexibility index (Phi) is 5.06. The average Bonchev–Trinajstić information content (AvgIpc) is 1.69. The predicted octanol–water partition coefficient (Wildman–Crippen LogP) is 0.992.